The molecule has 2 aromatic rings. The van der Waals surface area contributed by atoms with Gasteiger partial charge in [-0.15, -0.1) is 0 Å². The Balaban J connectivity index is 2.07. The van der Waals surface area contributed by atoms with Crippen LogP contribution in [0.1, 0.15) is 43.4 Å². The van der Waals surface area contributed by atoms with Crippen molar-refractivity contribution >= 4 is 23.6 Å². The molecule has 1 N–H and O–H groups in total. The van der Waals surface area contributed by atoms with Crippen LogP contribution in [0.25, 0.3) is 6.08 Å². The number of benzene rings is 2. The maximum absolute atomic E-state index is 12.6. The number of rotatable bonds is 8. The van der Waals surface area contributed by atoms with Crippen LogP contribution in [0.15, 0.2) is 42.5 Å². The van der Waals surface area contributed by atoms with Crippen molar-refractivity contribution in [2.24, 2.45) is 0 Å². The molecule has 1 atom stereocenters. The van der Waals surface area contributed by atoms with Crippen molar-refractivity contribution in [1.29, 1.82) is 0 Å². The zero-order valence-electron chi connectivity index (χ0n) is 18.3. The number of ether oxygens (including phenoxy) is 3. The minimum Gasteiger partial charge on any atom is -0.493 e. The Hall–Kier alpha value is -3.28. The highest BCUT2D eigenvalue weighted by Gasteiger charge is 2.19. The molecule has 0 aromatic heterocycles. The van der Waals surface area contributed by atoms with E-state index in [1.165, 1.54) is 13.2 Å². The molecule has 6 nitrogen and oxygen atoms in total. The van der Waals surface area contributed by atoms with Crippen molar-refractivity contribution < 1.29 is 23.8 Å². The Bertz CT molecular complexity index is 933. The molecule has 1 amide bonds. The molecule has 0 heterocycles. The van der Waals surface area contributed by atoms with Crippen molar-refractivity contribution in [1.82, 2.24) is 0 Å². The third kappa shape index (κ3) is 5.63. The second-order valence-electron chi connectivity index (χ2n) is 7.18. The molecule has 0 bridgehead atoms. The van der Waals surface area contributed by atoms with E-state index >= 15 is 0 Å². The van der Waals surface area contributed by atoms with Gasteiger partial charge >= 0.3 is 5.97 Å². The van der Waals surface area contributed by atoms with Crippen LogP contribution in [0.2, 0.25) is 0 Å². The molecule has 0 aliphatic rings. The number of aryl methyl sites for hydroxylation is 1. The minimum atomic E-state index is -0.950. The van der Waals surface area contributed by atoms with Gasteiger partial charge in [0.05, 0.1) is 14.2 Å². The highest BCUT2D eigenvalue weighted by atomic mass is 16.5. The number of carbonyl (C=O) groups excluding carboxylic acids is 2. The molecule has 0 unspecified atom stereocenters. The van der Waals surface area contributed by atoms with E-state index in [0.717, 1.165) is 16.8 Å². The number of carbonyl (C=O) groups is 2. The van der Waals surface area contributed by atoms with Crippen molar-refractivity contribution in [3.8, 4) is 11.5 Å². The van der Waals surface area contributed by atoms with Gasteiger partial charge in [0.2, 0.25) is 0 Å². The zero-order chi connectivity index (χ0) is 22.3. The first-order valence-corrected chi connectivity index (χ1v) is 9.78. The van der Waals surface area contributed by atoms with Crippen LogP contribution < -0.4 is 14.8 Å². The fourth-order valence-electron chi connectivity index (χ4n) is 3.04. The molecule has 0 aliphatic carbocycles. The van der Waals surface area contributed by atoms with Gasteiger partial charge in [0.1, 0.15) is 0 Å². The number of esters is 1. The molecule has 0 aliphatic heterocycles. The lowest BCUT2D eigenvalue weighted by atomic mass is 9.98. The van der Waals surface area contributed by atoms with Crippen LogP contribution in [-0.2, 0) is 14.3 Å². The molecule has 0 radical (unpaired) electrons. The van der Waals surface area contributed by atoms with Crippen molar-refractivity contribution in [3.63, 3.8) is 0 Å². The van der Waals surface area contributed by atoms with E-state index in [-0.39, 0.29) is 11.8 Å². The Morgan fingerprint density at radius 1 is 1.00 bits per heavy atom. The van der Waals surface area contributed by atoms with E-state index in [4.69, 9.17) is 14.2 Å². The number of nitrogens with one attached hydrogen (secondary N) is 1. The Morgan fingerprint density at radius 2 is 1.70 bits per heavy atom. The summed E-state index contributed by atoms with van der Waals surface area (Å²) in [6, 6.07) is 11.2. The van der Waals surface area contributed by atoms with Gasteiger partial charge in [-0.25, -0.2) is 4.79 Å². The summed E-state index contributed by atoms with van der Waals surface area (Å²) in [5.41, 5.74) is 3.41. The van der Waals surface area contributed by atoms with Gasteiger partial charge in [0.15, 0.2) is 17.6 Å². The fraction of sp³-hybridized carbons (Fsp3) is 0.333. The van der Waals surface area contributed by atoms with Crippen LogP contribution >= 0.6 is 0 Å². The lowest BCUT2D eigenvalue weighted by molar-refractivity contribution is -0.148. The first-order valence-electron chi connectivity index (χ1n) is 9.78. The third-order valence-corrected chi connectivity index (χ3v) is 4.67. The molecule has 0 saturated heterocycles. The number of amides is 1. The summed E-state index contributed by atoms with van der Waals surface area (Å²) in [4.78, 5) is 24.8. The van der Waals surface area contributed by atoms with Crippen molar-refractivity contribution in [2.75, 3.05) is 19.5 Å². The van der Waals surface area contributed by atoms with E-state index in [1.54, 1.807) is 38.3 Å². The van der Waals surface area contributed by atoms with Crippen molar-refractivity contribution in [2.45, 2.75) is 39.7 Å². The van der Waals surface area contributed by atoms with E-state index in [9.17, 15) is 9.59 Å². The van der Waals surface area contributed by atoms with Crippen molar-refractivity contribution in [3.05, 3.63) is 59.2 Å². The highest BCUT2D eigenvalue weighted by Crippen LogP contribution is 2.31. The molecule has 2 aromatic carbocycles. The summed E-state index contributed by atoms with van der Waals surface area (Å²) < 4.78 is 15.8. The lowest BCUT2D eigenvalue weighted by Gasteiger charge is -2.18. The quantitative estimate of drug-likeness (QED) is 0.503. The first kappa shape index (κ1) is 23.0. The average molecular weight is 411 g/mol. The Morgan fingerprint density at radius 3 is 2.33 bits per heavy atom. The van der Waals surface area contributed by atoms with Gasteiger partial charge in [-0.2, -0.15) is 0 Å². The fourth-order valence-corrected chi connectivity index (χ4v) is 3.04. The molecule has 6 heteroatoms. The SMILES string of the molecule is COc1cccc(/C=C/C(=O)O[C@@H](C)C(=O)Nc2c(C)cccc2C(C)C)c1OC. The summed E-state index contributed by atoms with van der Waals surface area (Å²) >= 11 is 0. The largest absolute Gasteiger partial charge is 0.493 e. The molecule has 0 spiro atoms. The maximum atomic E-state index is 12.6. The van der Waals surface area contributed by atoms with Crippen LogP contribution in [0, 0.1) is 6.92 Å². The standard InChI is InChI=1S/C24H29NO5/c1-15(2)19-11-7-9-16(3)22(19)25-24(27)17(4)30-21(26)14-13-18-10-8-12-20(28-5)23(18)29-6/h7-15,17H,1-6H3,(H,25,27)/b14-13+/t17-/m0/s1. The molecule has 30 heavy (non-hydrogen) atoms. The number of methoxy groups -OCH3 is 2. The van der Waals surface area contributed by atoms with Crippen LogP contribution in [-0.4, -0.2) is 32.2 Å². The van der Waals surface area contributed by atoms with Gasteiger partial charge in [-0.3, -0.25) is 4.79 Å². The summed E-state index contributed by atoms with van der Waals surface area (Å²) in [6.45, 7) is 7.60. The smallest absolute Gasteiger partial charge is 0.331 e. The predicted octanol–water partition coefficient (Wildman–Crippen LogP) is 4.72. The van der Waals surface area contributed by atoms with Gasteiger partial charge < -0.3 is 19.5 Å². The molecule has 0 saturated carbocycles. The molecular formula is C24H29NO5. The second kappa shape index (κ2) is 10.5. The van der Waals surface area contributed by atoms with Gasteiger partial charge in [0.25, 0.3) is 5.91 Å². The number of anilines is 1. The average Bonchev–Trinajstić information content (AvgIpc) is 2.72. The van der Waals surface area contributed by atoms with Gasteiger partial charge in [-0.05, 0) is 43.0 Å². The molecule has 160 valence electrons. The Labute approximate surface area is 177 Å². The number of hydrogen-bond donors (Lipinski definition) is 1. The number of hydrogen-bond acceptors (Lipinski definition) is 5. The maximum Gasteiger partial charge on any atom is 0.331 e. The minimum absolute atomic E-state index is 0.249. The van der Waals surface area contributed by atoms with Gasteiger partial charge in [-0.1, -0.05) is 44.2 Å². The van der Waals surface area contributed by atoms with Crippen LogP contribution in [0.3, 0.4) is 0 Å². The van der Waals surface area contributed by atoms with E-state index in [1.807, 2.05) is 25.1 Å². The molecule has 0 fully saturated rings. The number of para-hydroxylation sites is 2. The zero-order valence-corrected chi connectivity index (χ0v) is 18.3. The monoisotopic (exact) mass is 411 g/mol. The van der Waals surface area contributed by atoms with E-state index < -0.39 is 12.1 Å². The van der Waals surface area contributed by atoms with Crippen LogP contribution in [0.4, 0.5) is 5.69 Å². The summed E-state index contributed by atoms with van der Waals surface area (Å²) in [5.74, 6) is 0.303. The normalized spacial score (nSPS) is 12.0. The predicted molar refractivity (Wildman–Crippen MR) is 118 cm³/mol. The second-order valence-corrected chi connectivity index (χ2v) is 7.18. The first-order chi connectivity index (χ1) is 14.3. The van der Waals surface area contributed by atoms with Crippen LogP contribution in [0.5, 0.6) is 11.5 Å². The van der Waals surface area contributed by atoms with Gasteiger partial charge in [0, 0.05) is 17.3 Å². The third-order valence-electron chi connectivity index (χ3n) is 4.67. The van der Waals surface area contributed by atoms with E-state index in [0.29, 0.717) is 17.1 Å². The lowest BCUT2D eigenvalue weighted by Crippen LogP contribution is -2.30. The molecular weight excluding hydrogens is 382 g/mol. The topological polar surface area (TPSA) is 73.9 Å². The summed E-state index contributed by atoms with van der Waals surface area (Å²) in [5, 5.41) is 2.90. The summed E-state index contributed by atoms with van der Waals surface area (Å²) in [7, 11) is 3.07. The van der Waals surface area contributed by atoms with E-state index in [2.05, 4.69) is 19.2 Å². The highest BCUT2D eigenvalue weighted by molar-refractivity contribution is 5.97. The summed E-state index contributed by atoms with van der Waals surface area (Å²) in [6.07, 6.45) is 1.87. The Kier molecular flexibility index (Phi) is 8.04. The molecule has 2 rings (SSSR count).